The summed E-state index contributed by atoms with van der Waals surface area (Å²) in [6.07, 6.45) is 1.97. The van der Waals surface area contributed by atoms with Crippen LogP contribution in [0.3, 0.4) is 0 Å². The van der Waals surface area contributed by atoms with Gasteiger partial charge in [0.2, 0.25) is 11.9 Å². The van der Waals surface area contributed by atoms with Gasteiger partial charge < -0.3 is 25.4 Å². The van der Waals surface area contributed by atoms with Gasteiger partial charge in [-0.2, -0.15) is 0 Å². The summed E-state index contributed by atoms with van der Waals surface area (Å²) >= 11 is 7.58. The second-order valence-corrected chi connectivity index (χ2v) is 10.5. The predicted molar refractivity (Wildman–Crippen MR) is 144 cm³/mol. The van der Waals surface area contributed by atoms with Crippen LogP contribution in [0.2, 0.25) is 5.02 Å². The summed E-state index contributed by atoms with van der Waals surface area (Å²) in [5, 5.41) is 10.6. The van der Waals surface area contributed by atoms with E-state index in [4.69, 9.17) is 11.6 Å². The molecule has 3 heterocycles. The van der Waals surface area contributed by atoms with Crippen LogP contribution >= 0.6 is 22.9 Å². The van der Waals surface area contributed by atoms with Gasteiger partial charge in [0.25, 0.3) is 5.91 Å². The molecule has 1 aliphatic rings. The third-order valence-electron chi connectivity index (χ3n) is 6.57. The Balaban J connectivity index is 1.23. The molecule has 0 saturated carbocycles. The number of nitrogens with zero attached hydrogens (tertiary/aromatic N) is 4. The van der Waals surface area contributed by atoms with Gasteiger partial charge in [-0.3, -0.25) is 9.59 Å². The van der Waals surface area contributed by atoms with Gasteiger partial charge in [0.05, 0.1) is 27.8 Å². The Morgan fingerprint density at radius 2 is 1.92 bits per heavy atom. The summed E-state index contributed by atoms with van der Waals surface area (Å²) in [7, 11) is 3.85. The highest BCUT2D eigenvalue weighted by molar-refractivity contribution is 7.22. The summed E-state index contributed by atoms with van der Waals surface area (Å²) in [6, 6.07) is 10.9. The molecule has 3 N–H and O–H groups in total. The van der Waals surface area contributed by atoms with E-state index in [0.717, 1.165) is 48.2 Å². The molecule has 0 spiro atoms. The Morgan fingerprint density at radius 3 is 2.69 bits per heavy atom. The SMILES string of the molecule is CNCC1CCN(C(=O)CNC(=O)c2ccc3c(c2)nc(Nc2nc4ccc(Cl)cc4s2)n3C)CC1. The van der Waals surface area contributed by atoms with Crippen molar-refractivity contribution in [3.63, 3.8) is 0 Å². The zero-order chi connectivity index (χ0) is 25.2. The Morgan fingerprint density at radius 1 is 1.11 bits per heavy atom. The van der Waals surface area contributed by atoms with E-state index in [1.165, 1.54) is 11.3 Å². The Bertz CT molecular complexity index is 1420. The van der Waals surface area contributed by atoms with Gasteiger partial charge in [0.1, 0.15) is 0 Å². The molecule has 2 aromatic heterocycles. The van der Waals surface area contributed by atoms with Crippen LogP contribution in [-0.4, -0.2) is 64.5 Å². The number of nitrogens with one attached hydrogen (secondary N) is 3. The number of piperidine rings is 1. The molecule has 2 aromatic carbocycles. The number of anilines is 2. The molecule has 36 heavy (non-hydrogen) atoms. The van der Waals surface area contributed by atoms with Crippen LogP contribution in [0.1, 0.15) is 23.2 Å². The zero-order valence-corrected chi connectivity index (χ0v) is 21.7. The standard InChI is InChI=1S/C25H28ClN7O2S/c1-27-13-15-7-9-33(10-8-15)22(34)14-28-23(35)16-3-6-20-19(11-16)29-24(32(20)2)31-25-30-18-5-4-17(26)12-21(18)36-25/h3-6,11-12,15,27H,7-10,13-14H2,1-2H3,(H,28,35)(H,29,30,31). The van der Waals surface area contributed by atoms with Gasteiger partial charge in [-0.15, -0.1) is 0 Å². The summed E-state index contributed by atoms with van der Waals surface area (Å²) in [4.78, 5) is 36.4. The number of imidazole rings is 1. The lowest BCUT2D eigenvalue weighted by Gasteiger charge is -2.32. The number of carbonyl (C=O) groups is 2. The van der Waals surface area contributed by atoms with Crippen LogP contribution in [0.25, 0.3) is 21.3 Å². The van der Waals surface area contributed by atoms with Crippen LogP contribution in [-0.2, 0) is 11.8 Å². The highest BCUT2D eigenvalue weighted by Crippen LogP contribution is 2.31. The minimum atomic E-state index is -0.293. The van der Waals surface area contributed by atoms with Gasteiger partial charge in [0, 0.05) is 30.7 Å². The van der Waals surface area contributed by atoms with Gasteiger partial charge in [0.15, 0.2) is 5.13 Å². The fourth-order valence-electron chi connectivity index (χ4n) is 4.55. The van der Waals surface area contributed by atoms with Crippen LogP contribution in [0.15, 0.2) is 36.4 Å². The minimum Gasteiger partial charge on any atom is -0.343 e. The van der Waals surface area contributed by atoms with E-state index in [-0.39, 0.29) is 18.4 Å². The molecular formula is C25H28ClN7O2S. The lowest BCUT2D eigenvalue weighted by molar-refractivity contribution is -0.131. The van der Waals surface area contributed by atoms with E-state index in [1.54, 1.807) is 12.1 Å². The van der Waals surface area contributed by atoms with Crippen molar-refractivity contribution < 1.29 is 9.59 Å². The quantitative estimate of drug-likeness (QED) is 0.339. The molecule has 11 heteroatoms. The fourth-order valence-corrected chi connectivity index (χ4v) is 5.68. The summed E-state index contributed by atoms with van der Waals surface area (Å²) < 4.78 is 2.90. The van der Waals surface area contributed by atoms with Crippen molar-refractivity contribution in [3.8, 4) is 0 Å². The van der Waals surface area contributed by atoms with Crippen molar-refractivity contribution in [1.82, 2.24) is 30.1 Å². The van der Waals surface area contributed by atoms with Crippen molar-refractivity contribution in [2.24, 2.45) is 13.0 Å². The lowest BCUT2D eigenvalue weighted by Crippen LogP contribution is -2.45. The number of fused-ring (bicyclic) bond motifs is 2. The highest BCUT2D eigenvalue weighted by Gasteiger charge is 2.23. The van der Waals surface area contributed by atoms with E-state index in [2.05, 4.69) is 25.9 Å². The molecule has 5 rings (SSSR count). The maximum Gasteiger partial charge on any atom is 0.251 e. The smallest absolute Gasteiger partial charge is 0.251 e. The number of carbonyl (C=O) groups excluding carboxylic acids is 2. The lowest BCUT2D eigenvalue weighted by atomic mass is 9.97. The minimum absolute atomic E-state index is 0.00971. The zero-order valence-electron chi connectivity index (χ0n) is 20.2. The van der Waals surface area contributed by atoms with Crippen molar-refractivity contribution in [3.05, 3.63) is 47.0 Å². The molecule has 2 amide bonds. The normalized spacial score (nSPS) is 14.5. The summed E-state index contributed by atoms with van der Waals surface area (Å²) in [5.74, 6) is 0.878. The molecule has 188 valence electrons. The number of halogens is 1. The van der Waals surface area contributed by atoms with Crippen molar-refractivity contribution in [2.75, 3.05) is 38.5 Å². The summed E-state index contributed by atoms with van der Waals surface area (Å²) in [5.41, 5.74) is 2.87. The number of rotatable bonds is 7. The van der Waals surface area contributed by atoms with E-state index in [9.17, 15) is 9.59 Å². The third-order valence-corrected chi connectivity index (χ3v) is 7.74. The van der Waals surface area contributed by atoms with Gasteiger partial charge in [-0.05, 0) is 68.8 Å². The van der Waals surface area contributed by atoms with Gasteiger partial charge in [-0.25, -0.2) is 9.97 Å². The summed E-state index contributed by atoms with van der Waals surface area (Å²) in [6.45, 7) is 2.43. The molecule has 0 unspecified atom stereocenters. The van der Waals surface area contributed by atoms with Crippen LogP contribution in [0.4, 0.5) is 11.1 Å². The van der Waals surface area contributed by atoms with E-state index >= 15 is 0 Å². The first-order valence-electron chi connectivity index (χ1n) is 11.9. The largest absolute Gasteiger partial charge is 0.343 e. The maximum atomic E-state index is 12.8. The number of hydrogen-bond acceptors (Lipinski definition) is 7. The Hall–Kier alpha value is -3.21. The molecule has 1 fully saturated rings. The molecule has 0 aliphatic carbocycles. The average Bonchev–Trinajstić information content (AvgIpc) is 3.42. The van der Waals surface area contributed by atoms with Crippen LogP contribution < -0.4 is 16.0 Å². The average molecular weight is 526 g/mol. The molecule has 4 aromatic rings. The molecule has 0 radical (unpaired) electrons. The second-order valence-electron chi connectivity index (χ2n) is 9.02. The Labute approximate surface area is 217 Å². The number of amides is 2. The third kappa shape index (κ3) is 5.16. The number of aromatic nitrogens is 3. The highest BCUT2D eigenvalue weighted by atomic mass is 35.5. The number of thiazole rings is 1. The van der Waals surface area contributed by atoms with Crippen molar-refractivity contribution in [2.45, 2.75) is 12.8 Å². The fraction of sp³-hybridized carbons (Fsp3) is 0.360. The number of benzene rings is 2. The maximum absolute atomic E-state index is 12.8. The predicted octanol–water partition coefficient (Wildman–Crippen LogP) is 3.77. The molecular weight excluding hydrogens is 498 g/mol. The van der Waals surface area contributed by atoms with E-state index in [0.29, 0.717) is 33.1 Å². The molecule has 0 atom stereocenters. The van der Waals surface area contributed by atoms with E-state index in [1.807, 2.05) is 47.8 Å². The number of hydrogen-bond donors (Lipinski definition) is 3. The topological polar surface area (TPSA) is 104 Å². The van der Waals surface area contributed by atoms with E-state index < -0.39 is 0 Å². The first kappa shape index (κ1) is 24.5. The van der Waals surface area contributed by atoms with Crippen LogP contribution in [0, 0.1) is 5.92 Å². The first-order chi connectivity index (χ1) is 17.4. The second kappa shape index (κ2) is 10.4. The van der Waals surface area contributed by atoms with Gasteiger partial charge in [-0.1, -0.05) is 22.9 Å². The monoisotopic (exact) mass is 525 g/mol. The van der Waals surface area contributed by atoms with Gasteiger partial charge >= 0.3 is 0 Å². The Kier molecular flexibility index (Phi) is 7.08. The number of aryl methyl sites for hydroxylation is 1. The molecule has 0 bridgehead atoms. The van der Waals surface area contributed by atoms with Crippen molar-refractivity contribution >= 4 is 67.1 Å². The van der Waals surface area contributed by atoms with Crippen molar-refractivity contribution in [1.29, 1.82) is 0 Å². The number of likely N-dealkylation sites (tertiary alicyclic amines) is 1. The first-order valence-corrected chi connectivity index (χ1v) is 13.1. The molecule has 1 saturated heterocycles. The molecule has 9 nitrogen and oxygen atoms in total. The molecule has 1 aliphatic heterocycles. The van der Waals surface area contributed by atoms with Crippen LogP contribution in [0.5, 0.6) is 0 Å².